The van der Waals surface area contributed by atoms with Crippen molar-refractivity contribution >= 4 is 22.9 Å². The van der Waals surface area contributed by atoms with Crippen molar-refractivity contribution in [3.63, 3.8) is 0 Å². The lowest BCUT2D eigenvalue weighted by molar-refractivity contribution is 0.809. The molecule has 0 atom stereocenters. The number of hydrogen-bond acceptors (Lipinski definition) is 1. The van der Waals surface area contributed by atoms with Gasteiger partial charge in [0.2, 0.25) is 0 Å². The van der Waals surface area contributed by atoms with Gasteiger partial charge in [-0.15, -0.1) is 11.3 Å². The second kappa shape index (κ2) is 3.33. The first kappa shape index (κ1) is 7.90. The number of aromatic nitrogens is 1. The Labute approximate surface area is 80.2 Å². The van der Waals surface area contributed by atoms with E-state index < -0.39 is 0 Å². The fraction of sp³-hybridized carbons (Fsp3) is 0.111. The molecule has 0 saturated heterocycles. The van der Waals surface area contributed by atoms with Gasteiger partial charge in [-0.3, -0.25) is 0 Å². The Bertz CT molecular complexity index is 350. The molecular weight excluding hydrogens is 190 g/mol. The molecule has 0 amide bonds. The molecule has 12 heavy (non-hydrogen) atoms. The smallest absolute Gasteiger partial charge is 0.0978 e. The van der Waals surface area contributed by atoms with Crippen molar-refractivity contribution in [2.75, 3.05) is 0 Å². The summed E-state index contributed by atoms with van der Waals surface area (Å²) in [6.07, 6.45) is 4.07. The fourth-order valence-corrected chi connectivity index (χ4v) is 2.02. The predicted octanol–water partition coefficient (Wildman–Crippen LogP) is 3.25. The first-order valence-electron chi connectivity index (χ1n) is 3.69. The Hall–Kier alpha value is -0.730. The minimum atomic E-state index is 0.870. The van der Waals surface area contributed by atoms with E-state index in [2.05, 4.69) is 10.6 Å². The first-order chi connectivity index (χ1) is 5.86. The van der Waals surface area contributed by atoms with Crippen LogP contribution in [-0.4, -0.2) is 4.57 Å². The van der Waals surface area contributed by atoms with Crippen molar-refractivity contribution in [2.45, 2.75) is 6.54 Å². The zero-order valence-corrected chi connectivity index (χ0v) is 7.98. The van der Waals surface area contributed by atoms with E-state index in [0.29, 0.717) is 0 Å². The number of halogens is 1. The zero-order valence-electron chi connectivity index (χ0n) is 6.40. The van der Waals surface area contributed by atoms with Gasteiger partial charge < -0.3 is 4.57 Å². The Balaban J connectivity index is 2.20. The molecule has 0 unspecified atom stereocenters. The predicted molar refractivity (Wildman–Crippen MR) is 52.9 cm³/mol. The van der Waals surface area contributed by atoms with Crippen molar-refractivity contribution in [1.29, 1.82) is 0 Å². The van der Waals surface area contributed by atoms with Crippen molar-refractivity contribution in [2.24, 2.45) is 0 Å². The van der Waals surface area contributed by atoms with Crippen molar-refractivity contribution < 1.29 is 0 Å². The monoisotopic (exact) mass is 197 g/mol. The molecule has 0 N–H and O–H groups in total. The van der Waals surface area contributed by atoms with Crippen LogP contribution < -0.4 is 0 Å². The van der Waals surface area contributed by atoms with E-state index in [1.165, 1.54) is 5.56 Å². The summed E-state index contributed by atoms with van der Waals surface area (Å²) in [6, 6.07) is 6.09. The van der Waals surface area contributed by atoms with Gasteiger partial charge in [0.05, 0.1) is 4.34 Å². The van der Waals surface area contributed by atoms with Crippen LogP contribution in [0.1, 0.15) is 5.56 Å². The molecule has 1 nitrogen and oxygen atoms in total. The van der Waals surface area contributed by atoms with Gasteiger partial charge in [0.25, 0.3) is 0 Å². The van der Waals surface area contributed by atoms with Crippen LogP contribution in [0.15, 0.2) is 36.0 Å². The van der Waals surface area contributed by atoms with Crippen LogP contribution in [0.3, 0.4) is 0 Å². The number of thiophene rings is 1. The fourth-order valence-electron chi connectivity index (χ4n) is 1.10. The maximum atomic E-state index is 5.96. The normalized spacial score (nSPS) is 10.4. The third kappa shape index (κ3) is 1.54. The molecule has 0 bridgehead atoms. The molecule has 2 rings (SSSR count). The third-order valence-electron chi connectivity index (χ3n) is 1.71. The molecule has 0 aliphatic carbocycles. The lowest BCUT2D eigenvalue weighted by Crippen LogP contribution is -1.93. The zero-order chi connectivity index (χ0) is 8.39. The van der Waals surface area contributed by atoms with Crippen LogP contribution in [0.5, 0.6) is 0 Å². The van der Waals surface area contributed by atoms with Gasteiger partial charge >= 0.3 is 0 Å². The average molecular weight is 198 g/mol. The summed E-state index contributed by atoms with van der Waals surface area (Å²) < 4.78 is 3.00. The number of rotatable bonds is 2. The van der Waals surface area contributed by atoms with Crippen molar-refractivity contribution in [3.8, 4) is 0 Å². The Kier molecular flexibility index (Phi) is 2.19. The van der Waals surface area contributed by atoms with E-state index >= 15 is 0 Å². The summed E-state index contributed by atoms with van der Waals surface area (Å²) in [5.74, 6) is 0. The van der Waals surface area contributed by atoms with Crippen LogP contribution >= 0.6 is 22.9 Å². The summed E-state index contributed by atoms with van der Waals surface area (Å²) >= 11 is 7.54. The molecule has 2 heterocycles. The first-order valence-corrected chi connectivity index (χ1v) is 4.94. The third-order valence-corrected chi connectivity index (χ3v) is 2.96. The van der Waals surface area contributed by atoms with Gasteiger partial charge in [0.1, 0.15) is 0 Å². The summed E-state index contributed by atoms with van der Waals surface area (Å²) in [5.41, 5.74) is 1.19. The van der Waals surface area contributed by atoms with E-state index in [0.717, 1.165) is 10.9 Å². The van der Waals surface area contributed by atoms with Gasteiger partial charge in [0, 0.05) is 24.5 Å². The quantitative estimate of drug-likeness (QED) is 0.697. The molecule has 0 aliphatic heterocycles. The van der Waals surface area contributed by atoms with Gasteiger partial charge in [-0.25, -0.2) is 0 Å². The summed E-state index contributed by atoms with van der Waals surface area (Å²) in [4.78, 5) is 0. The molecule has 0 saturated carbocycles. The Morgan fingerprint density at radius 3 is 2.67 bits per heavy atom. The molecule has 0 fully saturated rings. The SMILES string of the molecule is Clc1sccc1Cn1cccc1. The molecule has 0 aliphatic rings. The van der Waals surface area contributed by atoms with Gasteiger partial charge in [0.15, 0.2) is 0 Å². The molecule has 2 aromatic rings. The number of hydrogen-bond donors (Lipinski definition) is 0. The van der Waals surface area contributed by atoms with Crippen molar-refractivity contribution in [3.05, 3.63) is 45.9 Å². The minimum Gasteiger partial charge on any atom is -0.350 e. The largest absolute Gasteiger partial charge is 0.350 e. The number of nitrogens with zero attached hydrogens (tertiary/aromatic N) is 1. The highest BCUT2D eigenvalue weighted by Gasteiger charge is 2.00. The van der Waals surface area contributed by atoms with Crippen LogP contribution in [0.4, 0.5) is 0 Å². The molecule has 0 spiro atoms. The minimum absolute atomic E-state index is 0.870. The van der Waals surface area contributed by atoms with Gasteiger partial charge in [-0.05, 0) is 23.6 Å². The second-order valence-electron chi connectivity index (χ2n) is 2.57. The maximum Gasteiger partial charge on any atom is 0.0978 e. The van der Waals surface area contributed by atoms with Crippen molar-refractivity contribution in [1.82, 2.24) is 4.57 Å². The van der Waals surface area contributed by atoms with Crippen LogP contribution in [-0.2, 0) is 6.54 Å². The molecule has 2 aromatic heterocycles. The molecule has 62 valence electrons. The maximum absolute atomic E-state index is 5.96. The summed E-state index contributed by atoms with van der Waals surface area (Å²) in [6.45, 7) is 0.870. The molecule has 0 radical (unpaired) electrons. The highest BCUT2D eigenvalue weighted by atomic mass is 35.5. The lowest BCUT2D eigenvalue weighted by atomic mass is 10.3. The second-order valence-corrected chi connectivity index (χ2v) is 4.09. The van der Waals surface area contributed by atoms with E-state index in [9.17, 15) is 0 Å². The lowest BCUT2D eigenvalue weighted by Gasteiger charge is -1.99. The van der Waals surface area contributed by atoms with Crippen LogP contribution in [0, 0.1) is 0 Å². The topological polar surface area (TPSA) is 4.93 Å². The van der Waals surface area contributed by atoms with E-state index in [4.69, 9.17) is 11.6 Å². The van der Waals surface area contributed by atoms with Gasteiger partial charge in [-0.1, -0.05) is 11.6 Å². The molecule has 3 heteroatoms. The highest BCUT2D eigenvalue weighted by Crippen LogP contribution is 2.23. The summed E-state index contributed by atoms with van der Waals surface area (Å²) in [5, 5.41) is 2.02. The van der Waals surface area contributed by atoms with E-state index in [1.807, 2.05) is 29.9 Å². The van der Waals surface area contributed by atoms with E-state index in [1.54, 1.807) is 11.3 Å². The molecule has 0 aromatic carbocycles. The Morgan fingerprint density at radius 2 is 2.08 bits per heavy atom. The average Bonchev–Trinajstić information content (AvgIpc) is 2.65. The highest BCUT2D eigenvalue weighted by molar-refractivity contribution is 7.14. The van der Waals surface area contributed by atoms with Crippen LogP contribution in [0.2, 0.25) is 4.34 Å². The van der Waals surface area contributed by atoms with E-state index in [-0.39, 0.29) is 0 Å². The standard InChI is InChI=1S/C9H8ClNS/c10-9-8(3-6-12-9)7-11-4-1-2-5-11/h1-6H,7H2. The Morgan fingerprint density at radius 1 is 1.33 bits per heavy atom. The van der Waals surface area contributed by atoms with Crippen LogP contribution in [0.25, 0.3) is 0 Å². The molecular formula is C9H8ClNS. The van der Waals surface area contributed by atoms with Gasteiger partial charge in [-0.2, -0.15) is 0 Å². The summed E-state index contributed by atoms with van der Waals surface area (Å²) in [7, 11) is 0.